The molecule has 0 spiro atoms. The molecule has 18 heavy (non-hydrogen) atoms. The Morgan fingerprint density at radius 2 is 2.17 bits per heavy atom. The molecule has 3 rings (SSSR count). The maximum absolute atomic E-state index is 6.04. The Morgan fingerprint density at radius 1 is 1.33 bits per heavy atom. The summed E-state index contributed by atoms with van der Waals surface area (Å²) in [5.74, 6) is 0.865. The summed E-state index contributed by atoms with van der Waals surface area (Å²) in [5.41, 5.74) is 1.01. The first-order chi connectivity index (χ1) is 8.76. The molecule has 1 aromatic carbocycles. The highest BCUT2D eigenvalue weighted by molar-refractivity contribution is 6.30. The van der Waals surface area contributed by atoms with Gasteiger partial charge in [-0.3, -0.25) is 4.90 Å². The quantitative estimate of drug-likeness (QED) is 0.907. The summed E-state index contributed by atoms with van der Waals surface area (Å²) in [6, 6.07) is 7.09. The monoisotopic (exact) mass is 266 g/mol. The average Bonchev–Trinajstić information content (AvgIpc) is 3.11. The summed E-state index contributed by atoms with van der Waals surface area (Å²) in [4.78, 5) is 2.59. The highest BCUT2D eigenvalue weighted by Crippen LogP contribution is 2.33. The highest BCUT2D eigenvalue weighted by atomic mass is 35.5. The second kappa shape index (κ2) is 4.98. The Hall–Kier alpha value is -0.930. The Labute approximate surface area is 113 Å². The number of benzene rings is 1. The summed E-state index contributed by atoms with van der Waals surface area (Å²) in [7, 11) is 1.69. The number of hydrogen-bond acceptors (Lipinski definition) is 3. The molecule has 0 aromatic heterocycles. The molecule has 1 heterocycles. The SMILES string of the molecule is COc1ccc(Cl)cc1NC1CCN(C2CC2)C1. The van der Waals surface area contributed by atoms with Crippen LogP contribution in [0.25, 0.3) is 0 Å². The van der Waals surface area contributed by atoms with Gasteiger partial charge in [-0.2, -0.15) is 0 Å². The predicted molar refractivity (Wildman–Crippen MR) is 74.6 cm³/mol. The molecular formula is C14H19ClN2O. The van der Waals surface area contributed by atoms with Gasteiger partial charge in [-0.1, -0.05) is 11.6 Å². The van der Waals surface area contributed by atoms with E-state index in [4.69, 9.17) is 16.3 Å². The molecule has 1 saturated carbocycles. The van der Waals surface area contributed by atoms with Crippen LogP contribution in [0.1, 0.15) is 19.3 Å². The molecule has 1 aliphatic carbocycles. The van der Waals surface area contributed by atoms with Crippen LogP contribution in [-0.4, -0.2) is 37.2 Å². The molecule has 1 atom stereocenters. The van der Waals surface area contributed by atoms with Crippen molar-refractivity contribution in [1.29, 1.82) is 0 Å². The number of rotatable bonds is 4. The predicted octanol–water partition coefficient (Wildman–Crippen LogP) is 3.00. The summed E-state index contributed by atoms with van der Waals surface area (Å²) in [6.45, 7) is 2.35. The fourth-order valence-corrected chi connectivity index (χ4v) is 2.86. The highest BCUT2D eigenvalue weighted by Gasteiger charge is 2.34. The van der Waals surface area contributed by atoms with Gasteiger partial charge in [0.25, 0.3) is 0 Å². The number of likely N-dealkylation sites (tertiary alicyclic amines) is 1. The molecule has 1 aliphatic heterocycles. The lowest BCUT2D eigenvalue weighted by Gasteiger charge is -2.18. The first kappa shape index (κ1) is 12.1. The van der Waals surface area contributed by atoms with Gasteiger partial charge < -0.3 is 10.1 Å². The second-order valence-corrected chi connectivity index (χ2v) is 5.64. The Balaban J connectivity index is 1.66. The molecular weight excluding hydrogens is 248 g/mol. The van der Waals surface area contributed by atoms with Gasteiger partial charge in [0.05, 0.1) is 12.8 Å². The standard InChI is InChI=1S/C14H19ClN2O/c1-18-14-5-2-10(15)8-13(14)16-11-6-7-17(9-11)12-3-4-12/h2,5,8,11-12,16H,3-4,6-7,9H2,1H3. The topological polar surface area (TPSA) is 24.5 Å². The van der Waals surface area contributed by atoms with Crippen molar-refractivity contribution < 1.29 is 4.74 Å². The molecule has 1 aromatic rings. The van der Waals surface area contributed by atoms with Gasteiger partial charge in [-0.05, 0) is 37.5 Å². The van der Waals surface area contributed by atoms with Crippen molar-refractivity contribution in [2.75, 3.05) is 25.5 Å². The van der Waals surface area contributed by atoms with Crippen LogP contribution in [0.3, 0.4) is 0 Å². The molecule has 4 heteroatoms. The minimum atomic E-state index is 0.512. The van der Waals surface area contributed by atoms with Gasteiger partial charge in [0, 0.05) is 30.2 Å². The average molecular weight is 267 g/mol. The van der Waals surface area contributed by atoms with Crippen molar-refractivity contribution >= 4 is 17.3 Å². The number of anilines is 1. The van der Waals surface area contributed by atoms with E-state index in [0.717, 1.165) is 29.0 Å². The minimum absolute atomic E-state index is 0.512. The zero-order valence-electron chi connectivity index (χ0n) is 10.7. The van der Waals surface area contributed by atoms with Crippen molar-refractivity contribution in [3.05, 3.63) is 23.2 Å². The van der Waals surface area contributed by atoms with E-state index in [1.165, 1.54) is 25.8 Å². The van der Waals surface area contributed by atoms with E-state index in [1.54, 1.807) is 7.11 Å². The summed E-state index contributed by atoms with van der Waals surface area (Å²) in [6.07, 6.45) is 3.96. The van der Waals surface area contributed by atoms with Crippen LogP contribution in [0.15, 0.2) is 18.2 Å². The van der Waals surface area contributed by atoms with Gasteiger partial charge in [0.2, 0.25) is 0 Å². The zero-order valence-corrected chi connectivity index (χ0v) is 11.4. The second-order valence-electron chi connectivity index (χ2n) is 5.20. The van der Waals surface area contributed by atoms with E-state index in [1.807, 2.05) is 18.2 Å². The number of hydrogen-bond donors (Lipinski definition) is 1. The third kappa shape index (κ3) is 2.57. The summed E-state index contributed by atoms with van der Waals surface area (Å²) >= 11 is 6.04. The van der Waals surface area contributed by atoms with Crippen molar-refractivity contribution in [2.24, 2.45) is 0 Å². The third-order valence-electron chi connectivity index (χ3n) is 3.80. The normalized spacial score (nSPS) is 24.2. The first-order valence-electron chi connectivity index (χ1n) is 6.60. The van der Waals surface area contributed by atoms with Gasteiger partial charge in [0.15, 0.2) is 0 Å². The number of ether oxygens (including phenoxy) is 1. The number of halogens is 1. The van der Waals surface area contributed by atoms with E-state index >= 15 is 0 Å². The van der Waals surface area contributed by atoms with Crippen LogP contribution < -0.4 is 10.1 Å². The fraction of sp³-hybridized carbons (Fsp3) is 0.571. The van der Waals surface area contributed by atoms with Crippen molar-refractivity contribution in [3.8, 4) is 5.75 Å². The number of nitrogens with one attached hydrogen (secondary N) is 1. The number of methoxy groups -OCH3 is 1. The minimum Gasteiger partial charge on any atom is -0.495 e. The van der Waals surface area contributed by atoms with Crippen molar-refractivity contribution in [1.82, 2.24) is 4.90 Å². The molecule has 0 radical (unpaired) electrons. The molecule has 0 amide bonds. The van der Waals surface area contributed by atoms with Crippen LogP contribution in [-0.2, 0) is 0 Å². The Kier molecular flexibility index (Phi) is 3.35. The molecule has 2 fully saturated rings. The van der Waals surface area contributed by atoms with Crippen molar-refractivity contribution in [2.45, 2.75) is 31.3 Å². The molecule has 1 N–H and O–H groups in total. The summed E-state index contributed by atoms with van der Waals surface area (Å²) in [5, 5.41) is 4.31. The molecule has 2 aliphatic rings. The van der Waals surface area contributed by atoms with E-state index < -0.39 is 0 Å². The van der Waals surface area contributed by atoms with E-state index in [-0.39, 0.29) is 0 Å². The first-order valence-corrected chi connectivity index (χ1v) is 6.98. The smallest absolute Gasteiger partial charge is 0.142 e. The maximum atomic E-state index is 6.04. The van der Waals surface area contributed by atoms with E-state index in [0.29, 0.717) is 6.04 Å². The van der Waals surface area contributed by atoms with Crippen LogP contribution in [0.4, 0.5) is 5.69 Å². The van der Waals surface area contributed by atoms with Gasteiger partial charge in [-0.15, -0.1) is 0 Å². The lowest BCUT2D eigenvalue weighted by atomic mass is 10.2. The lowest BCUT2D eigenvalue weighted by molar-refractivity contribution is 0.326. The van der Waals surface area contributed by atoms with Crippen LogP contribution in [0.2, 0.25) is 5.02 Å². The lowest BCUT2D eigenvalue weighted by Crippen LogP contribution is -2.27. The molecule has 1 unspecified atom stereocenters. The maximum Gasteiger partial charge on any atom is 0.142 e. The zero-order chi connectivity index (χ0) is 12.5. The largest absolute Gasteiger partial charge is 0.495 e. The fourth-order valence-electron chi connectivity index (χ4n) is 2.69. The van der Waals surface area contributed by atoms with Gasteiger partial charge >= 0.3 is 0 Å². The van der Waals surface area contributed by atoms with Gasteiger partial charge in [0.1, 0.15) is 5.75 Å². The Morgan fingerprint density at radius 3 is 2.89 bits per heavy atom. The molecule has 0 bridgehead atoms. The third-order valence-corrected chi connectivity index (χ3v) is 4.04. The molecule has 98 valence electrons. The van der Waals surface area contributed by atoms with Crippen LogP contribution in [0, 0.1) is 0 Å². The van der Waals surface area contributed by atoms with E-state index in [9.17, 15) is 0 Å². The van der Waals surface area contributed by atoms with Crippen LogP contribution in [0.5, 0.6) is 5.75 Å². The van der Waals surface area contributed by atoms with E-state index in [2.05, 4.69) is 10.2 Å². The molecule has 3 nitrogen and oxygen atoms in total. The van der Waals surface area contributed by atoms with Crippen molar-refractivity contribution in [3.63, 3.8) is 0 Å². The van der Waals surface area contributed by atoms with Crippen LogP contribution >= 0.6 is 11.6 Å². The Bertz CT molecular complexity index is 434. The number of nitrogens with zero attached hydrogens (tertiary/aromatic N) is 1. The van der Waals surface area contributed by atoms with Gasteiger partial charge in [-0.25, -0.2) is 0 Å². The molecule has 1 saturated heterocycles. The summed E-state index contributed by atoms with van der Waals surface area (Å²) < 4.78 is 5.36.